The highest BCUT2D eigenvalue weighted by molar-refractivity contribution is 5.87. The highest BCUT2D eigenvalue weighted by atomic mass is 16.5. The summed E-state index contributed by atoms with van der Waals surface area (Å²) in [5.74, 6) is 1.59. The van der Waals surface area contributed by atoms with Crippen molar-refractivity contribution in [2.24, 2.45) is 27.6 Å². The summed E-state index contributed by atoms with van der Waals surface area (Å²) in [7, 11) is 0. The zero-order valence-corrected chi connectivity index (χ0v) is 29.1. The first-order chi connectivity index (χ1) is 22.6. The van der Waals surface area contributed by atoms with Crippen molar-refractivity contribution < 1.29 is 19.7 Å². The van der Waals surface area contributed by atoms with Gasteiger partial charge in [-0.1, -0.05) is 52.0 Å². The van der Waals surface area contributed by atoms with E-state index >= 15 is 0 Å². The number of hydrogen-bond donors (Lipinski definition) is 3. The van der Waals surface area contributed by atoms with E-state index in [0.29, 0.717) is 28.0 Å². The molecular weight excluding hydrogens is 594 g/mol. The number of phenols is 1. The van der Waals surface area contributed by atoms with Gasteiger partial charge in [0, 0.05) is 11.0 Å². The van der Waals surface area contributed by atoms with Crippen molar-refractivity contribution in [3.63, 3.8) is 0 Å². The van der Waals surface area contributed by atoms with E-state index in [1.807, 2.05) is 6.07 Å². The molecule has 0 saturated heterocycles. The average molecular weight is 646 g/mol. The van der Waals surface area contributed by atoms with Gasteiger partial charge >= 0.3 is 5.97 Å². The number of ether oxygens (including phenoxy) is 1. The number of anilines is 1. The van der Waals surface area contributed by atoms with Gasteiger partial charge in [-0.2, -0.15) is 0 Å². The third kappa shape index (κ3) is 4.44. The van der Waals surface area contributed by atoms with Crippen LogP contribution in [0.15, 0.2) is 60.7 Å². The number of aromatic hydroxyl groups is 1. The van der Waals surface area contributed by atoms with E-state index in [1.54, 1.807) is 18.2 Å². The Morgan fingerprint density at radius 3 is 1.67 bits per heavy atom. The molecule has 4 N–H and O–H groups in total. The zero-order chi connectivity index (χ0) is 33.5. The molecular formula is C43H51NO4. The van der Waals surface area contributed by atoms with E-state index in [-0.39, 0.29) is 32.8 Å². The molecule has 11 rings (SSSR count). The van der Waals surface area contributed by atoms with Crippen molar-refractivity contribution in [3.05, 3.63) is 82.9 Å². The zero-order valence-electron chi connectivity index (χ0n) is 29.1. The van der Waals surface area contributed by atoms with Gasteiger partial charge in [0.15, 0.2) is 0 Å². The van der Waals surface area contributed by atoms with Crippen LogP contribution in [0.25, 0.3) is 0 Å². The third-order valence-electron chi connectivity index (χ3n) is 14.4. The first kappa shape index (κ1) is 30.6. The van der Waals surface area contributed by atoms with Crippen molar-refractivity contribution in [2.75, 3.05) is 5.73 Å². The maximum atomic E-state index is 11.6. The highest BCUT2D eigenvalue weighted by Crippen LogP contribution is 2.75. The quantitative estimate of drug-likeness (QED) is 0.183. The number of aromatic carboxylic acids is 1. The van der Waals surface area contributed by atoms with Gasteiger partial charge in [-0.3, -0.25) is 0 Å². The molecule has 5 nitrogen and oxygen atoms in total. The lowest BCUT2D eigenvalue weighted by Crippen LogP contribution is -2.62. The van der Waals surface area contributed by atoms with Crippen molar-refractivity contribution in [1.82, 2.24) is 0 Å². The molecule has 8 fully saturated rings. The van der Waals surface area contributed by atoms with Crippen LogP contribution >= 0.6 is 0 Å². The van der Waals surface area contributed by atoms with Crippen LogP contribution in [0, 0.1) is 27.6 Å². The number of carboxylic acid groups (broad SMARTS) is 1. The Kier molecular flexibility index (Phi) is 5.99. The van der Waals surface area contributed by atoms with Crippen LogP contribution in [0.4, 0.5) is 5.69 Å². The van der Waals surface area contributed by atoms with Crippen LogP contribution < -0.4 is 10.5 Å². The normalized spacial score (nSPS) is 41.9. The maximum Gasteiger partial charge on any atom is 0.335 e. The average Bonchev–Trinajstić information content (AvgIpc) is 2.96. The molecule has 3 aromatic rings. The minimum atomic E-state index is -0.868. The number of carbonyl (C=O) groups is 1. The topological polar surface area (TPSA) is 92.8 Å². The Balaban J connectivity index is 1.05. The smallest absolute Gasteiger partial charge is 0.335 e. The molecule has 0 spiro atoms. The predicted molar refractivity (Wildman–Crippen MR) is 189 cm³/mol. The number of phenolic OH excluding ortho intramolecular Hbond substituents is 1. The molecule has 48 heavy (non-hydrogen) atoms. The minimum Gasteiger partial charge on any atom is -0.505 e. The van der Waals surface area contributed by atoms with Crippen LogP contribution in [-0.4, -0.2) is 16.2 Å². The van der Waals surface area contributed by atoms with Crippen LogP contribution in [0.1, 0.15) is 132 Å². The standard InChI is InChI=1S/C43H51NO4/c1-37-15-27-16-38(2,18-37)21-41(17-27,20-37)34-33(14-13-32(44)35(34)45)48-31-11-9-30(10-12-31)43-24-39(3)19-40(4,25-43)23-42(22-39,26-43)29-7-5-28(6-8-29)36(46)47/h5-14,27,45H,15-26,44H2,1-4H3,(H,46,47). The van der Waals surface area contributed by atoms with Gasteiger partial charge in [0.05, 0.1) is 11.3 Å². The Bertz CT molecular complexity index is 1810. The summed E-state index contributed by atoms with van der Waals surface area (Å²) in [6, 6.07) is 20.5. The summed E-state index contributed by atoms with van der Waals surface area (Å²) in [5.41, 5.74) is 11.9. The lowest BCUT2D eigenvalue weighted by molar-refractivity contribution is -0.126. The monoisotopic (exact) mass is 645 g/mol. The lowest BCUT2D eigenvalue weighted by Gasteiger charge is -2.70. The molecule has 0 aliphatic heterocycles. The fraction of sp³-hybridized carbons (Fsp3) is 0.558. The van der Waals surface area contributed by atoms with Crippen LogP contribution in [0.2, 0.25) is 0 Å². The second-order valence-corrected chi connectivity index (χ2v) is 19.5. The molecule has 3 aromatic carbocycles. The van der Waals surface area contributed by atoms with Crippen LogP contribution in [-0.2, 0) is 16.2 Å². The minimum absolute atomic E-state index is 0.0476. The van der Waals surface area contributed by atoms with E-state index in [0.717, 1.165) is 55.6 Å². The largest absolute Gasteiger partial charge is 0.505 e. The second-order valence-electron chi connectivity index (χ2n) is 19.5. The van der Waals surface area contributed by atoms with Crippen molar-refractivity contribution in [2.45, 2.75) is 121 Å². The molecule has 4 atom stereocenters. The number of benzene rings is 3. The number of rotatable bonds is 6. The Morgan fingerprint density at radius 2 is 1.15 bits per heavy atom. The van der Waals surface area contributed by atoms with Crippen molar-refractivity contribution in [1.29, 1.82) is 0 Å². The van der Waals surface area contributed by atoms with E-state index in [9.17, 15) is 15.0 Å². The maximum absolute atomic E-state index is 11.6. The number of nitrogen functional groups attached to an aromatic ring is 1. The SMILES string of the molecule is CC12CC3(C)CC(c4ccc(Oc5ccc(N)c(O)c5C56CC7CC(C)(CC(C)(C7)C5)C6)cc4)(C1)CC(c1ccc(C(=O)O)cc1)(C2)C3. The fourth-order valence-electron chi connectivity index (χ4n) is 15.2. The van der Waals surface area contributed by atoms with Gasteiger partial charge in [-0.05, 0) is 163 Å². The number of nitrogens with two attached hydrogens (primary N) is 1. The Labute approximate surface area is 285 Å². The van der Waals surface area contributed by atoms with Crippen molar-refractivity contribution in [3.8, 4) is 17.2 Å². The van der Waals surface area contributed by atoms with E-state index in [2.05, 4.69) is 64.1 Å². The molecule has 4 unspecified atom stereocenters. The molecule has 8 aliphatic carbocycles. The van der Waals surface area contributed by atoms with Gasteiger partial charge < -0.3 is 20.7 Å². The van der Waals surface area contributed by atoms with Gasteiger partial charge in [-0.15, -0.1) is 0 Å². The fourth-order valence-corrected chi connectivity index (χ4v) is 15.2. The lowest BCUT2D eigenvalue weighted by atomic mass is 9.34. The first-order valence-corrected chi connectivity index (χ1v) is 18.3. The van der Waals surface area contributed by atoms with E-state index < -0.39 is 5.97 Å². The molecule has 8 aliphatic rings. The van der Waals surface area contributed by atoms with Gasteiger partial charge in [0.2, 0.25) is 0 Å². The van der Waals surface area contributed by atoms with Crippen LogP contribution in [0.3, 0.4) is 0 Å². The molecule has 0 heterocycles. The molecule has 8 saturated carbocycles. The summed E-state index contributed by atoms with van der Waals surface area (Å²) >= 11 is 0. The summed E-state index contributed by atoms with van der Waals surface area (Å²) in [6.07, 6.45) is 14.2. The molecule has 5 heteroatoms. The molecule has 0 aromatic heterocycles. The van der Waals surface area contributed by atoms with Crippen LogP contribution in [0.5, 0.6) is 17.2 Å². The van der Waals surface area contributed by atoms with Gasteiger partial charge in [0.1, 0.15) is 17.2 Å². The Hall–Kier alpha value is -3.47. The summed E-state index contributed by atoms with van der Waals surface area (Å²) in [6.45, 7) is 9.92. The first-order valence-electron chi connectivity index (χ1n) is 18.3. The third-order valence-corrected chi connectivity index (χ3v) is 14.4. The predicted octanol–water partition coefficient (Wildman–Crippen LogP) is 10.3. The number of carboxylic acids is 1. The summed E-state index contributed by atoms with van der Waals surface area (Å²) in [5, 5.41) is 21.1. The highest BCUT2D eigenvalue weighted by Gasteiger charge is 2.66. The Morgan fingerprint density at radius 1 is 0.646 bits per heavy atom. The second kappa shape index (κ2) is 9.40. The summed E-state index contributed by atoms with van der Waals surface area (Å²) in [4.78, 5) is 11.6. The molecule has 8 bridgehead atoms. The van der Waals surface area contributed by atoms with Gasteiger partial charge in [-0.25, -0.2) is 4.79 Å². The molecule has 252 valence electrons. The number of hydrogen-bond acceptors (Lipinski definition) is 4. The molecule has 0 radical (unpaired) electrons. The van der Waals surface area contributed by atoms with E-state index in [1.165, 1.54) is 49.7 Å². The summed E-state index contributed by atoms with van der Waals surface area (Å²) < 4.78 is 6.77. The van der Waals surface area contributed by atoms with E-state index in [4.69, 9.17) is 10.5 Å². The van der Waals surface area contributed by atoms with Gasteiger partial charge in [0.25, 0.3) is 0 Å². The molecule has 0 amide bonds. The van der Waals surface area contributed by atoms with Crippen molar-refractivity contribution >= 4 is 11.7 Å².